The fraction of sp³-hybridized carbons (Fsp3) is 0.474. The first-order valence-electron chi connectivity index (χ1n) is 9.91. The lowest BCUT2D eigenvalue weighted by Gasteiger charge is -2.17. The second kappa shape index (κ2) is 10.9. The highest BCUT2D eigenvalue weighted by Crippen LogP contribution is 2.05. The summed E-state index contributed by atoms with van der Waals surface area (Å²) < 4.78 is 0. The molecular weight excluding hydrogens is 404 g/mol. The molecule has 12 nitrogen and oxygen atoms in total. The average Bonchev–Trinajstić information content (AvgIpc) is 2.59. The summed E-state index contributed by atoms with van der Waals surface area (Å²) in [5, 5.41) is 10.5. The standard InChI is InChI=1S/C19H28N8O4/c1-10(22-18(30)26-16-20-12(3)8-14(28)24-16)6-5-7-11(2)23-19(31)27-17-21-13(4)9-15(29)25-17/h8-11H,5-7H2,1-4H3,(H3,20,22,24,26,28,30)(H3,21,23,25,27,29,31). The van der Waals surface area contributed by atoms with Crippen LogP contribution >= 0.6 is 0 Å². The number of hydrogen-bond donors (Lipinski definition) is 6. The molecule has 168 valence electrons. The van der Waals surface area contributed by atoms with E-state index < -0.39 is 12.1 Å². The van der Waals surface area contributed by atoms with Crippen LogP contribution in [-0.2, 0) is 0 Å². The van der Waals surface area contributed by atoms with Crippen molar-refractivity contribution < 1.29 is 9.59 Å². The summed E-state index contributed by atoms with van der Waals surface area (Å²) in [4.78, 5) is 59.8. The zero-order valence-electron chi connectivity index (χ0n) is 18.0. The fourth-order valence-corrected chi connectivity index (χ4v) is 2.89. The number of aromatic nitrogens is 4. The van der Waals surface area contributed by atoms with E-state index in [2.05, 4.69) is 41.2 Å². The van der Waals surface area contributed by atoms with E-state index in [-0.39, 0.29) is 35.1 Å². The van der Waals surface area contributed by atoms with Crippen LogP contribution in [0.3, 0.4) is 0 Å². The van der Waals surface area contributed by atoms with Gasteiger partial charge in [-0.1, -0.05) is 0 Å². The number of carbonyl (C=O) groups excluding carboxylic acids is 2. The number of aromatic amines is 2. The summed E-state index contributed by atoms with van der Waals surface area (Å²) in [6.07, 6.45) is 2.12. The summed E-state index contributed by atoms with van der Waals surface area (Å²) in [5.74, 6) is 0.172. The molecule has 0 aliphatic carbocycles. The van der Waals surface area contributed by atoms with Gasteiger partial charge in [-0.15, -0.1) is 0 Å². The first-order chi connectivity index (χ1) is 14.6. The third kappa shape index (κ3) is 8.68. The lowest BCUT2D eigenvalue weighted by atomic mass is 10.1. The van der Waals surface area contributed by atoms with Gasteiger partial charge in [0.05, 0.1) is 0 Å². The number of anilines is 2. The number of carbonyl (C=O) groups is 2. The normalized spacial score (nSPS) is 12.5. The monoisotopic (exact) mass is 432 g/mol. The summed E-state index contributed by atoms with van der Waals surface area (Å²) >= 11 is 0. The molecule has 0 radical (unpaired) electrons. The maximum absolute atomic E-state index is 12.0. The van der Waals surface area contributed by atoms with Gasteiger partial charge in [-0.25, -0.2) is 19.6 Å². The van der Waals surface area contributed by atoms with Gasteiger partial charge in [0, 0.05) is 35.6 Å². The maximum Gasteiger partial charge on any atom is 0.321 e. The Bertz CT molecular complexity index is 951. The predicted molar refractivity (Wildman–Crippen MR) is 116 cm³/mol. The Balaban J connectivity index is 1.69. The highest BCUT2D eigenvalue weighted by atomic mass is 16.2. The molecule has 2 aromatic heterocycles. The number of H-pyrrole nitrogens is 2. The number of urea groups is 2. The molecule has 2 rings (SSSR count). The third-order valence-corrected chi connectivity index (χ3v) is 4.23. The molecular formula is C19H28N8O4. The Hall–Kier alpha value is -3.70. The van der Waals surface area contributed by atoms with E-state index in [0.717, 1.165) is 6.42 Å². The molecule has 0 aliphatic heterocycles. The molecule has 0 aliphatic rings. The molecule has 0 saturated heterocycles. The van der Waals surface area contributed by atoms with E-state index in [1.54, 1.807) is 13.8 Å². The zero-order chi connectivity index (χ0) is 23.0. The molecule has 2 unspecified atom stereocenters. The highest BCUT2D eigenvalue weighted by molar-refractivity contribution is 5.88. The average molecular weight is 432 g/mol. The van der Waals surface area contributed by atoms with Crippen molar-refractivity contribution in [3.63, 3.8) is 0 Å². The van der Waals surface area contributed by atoms with E-state index >= 15 is 0 Å². The Morgan fingerprint density at radius 3 is 1.58 bits per heavy atom. The zero-order valence-corrected chi connectivity index (χ0v) is 18.0. The van der Waals surface area contributed by atoms with Crippen LogP contribution in [0.15, 0.2) is 21.7 Å². The minimum absolute atomic E-state index is 0.0861. The summed E-state index contributed by atoms with van der Waals surface area (Å²) in [5.41, 5.74) is 0.321. The van der Waals surface area contributed by atoms with E-state index in [9.17, 15) is 19.2 Å². The van der Waals surface area contributed by atoms with Crippen molar-refractivity contribution in [2.75, 3.05) is 10.6 Å². The topological polar surface area (TPSA) is 174 Å². The van der Waals surface area contributed by atoms with Crippen LogP contribution in [0.5, 0.6) is 0 Å². The van der Waals surface area contributed by atoms with Crippen LogP contribution in [0.1, 0.15) is 44.5 Å². The second-order valence-corrected chi connectivity index (χ2v) is 7.40. The van der Waals surface area contributed by atoms with Crippen LogP contribution in [0.25, 0.3) is 0 Å². The van der Waals surface area contributed by atoms with E-state index in [4.69, 9.17) is 0 Å². The molecule has 31 heavy (non-hydrogen) atoms. The minimum atomic E-state index is -0.466. The van der Waals surface area contributed by atoms with Crippen molar-refractivity contribution in [1.82, 2.24) is 30.6 Å². The molecule has 0 spiro atoms. The number of rotatable bonds is 8. The van der Waals surface area contributed by atoms with Crippen LogP contribution in [0.4, 0.5) is 21.5 Å². The van der Waals surface area contributed by atoms with Crippen molar-refractivity contribution >= 4 is 24.0 Å². The van der Waals surface area contributed by atoms with Crippen LogP contribution in [0, 0.1) is 13.8 Å². The molecule has 0 aromatic carbocycles. The Labute approximate surface area is 178 Å². The molecule has 2 atom stereocenters. The van der Waals surface area contributed by atoms with Crippen molar-refractivity contribution in [3.05, 3.63) is 44.2 Å². The molecule has 0 bridgehead atoms. The lowest BCUT2D eigenvalue weighted by molar-refractivity contribution is 0.247. The highest BCUT2D eigenvalue weighted by Gasteiger charge is 2.12. The van der Waals surface area contributed by atoms with Crippen LogP contribution in [-0.4, -0.2) is 44.1 Å². The van der Waals surface area contributed by atoms with Gasteiger partial charge < -0.3 is 10.6 Å². The van der Waals surface area contributed by atoms with Gasteiger partial charge in [0.25, 0.3) is 11.1 Å². The predicted octanol–water partition coefficient (Wildman–Crippen LogP) is 1.36. The van der Waals surface area contributed by atoms with Crippen LogP contribution in [0.2, 0.25) is 0 Å². The van der Waals surface area contributed by atoms with E-state index in [0.29, 0.717) is 24.2 Å². The van der Waals surface area contributed by atoms with E-state index in [1.807, 2.05) is 13.8 Å². The number of nitrogens with zero attached hydrogens (tertiary/aromatic N) is 2. The molecule has 2 aromatic rings. The van der Waals surface area contributed by atoms with Gasteiger partial charge >= 0.3 is 12.1 Å². The van der Waals surface area contributed by atoms with Gasteiger partial charge in [-0.3, -0.25) is 30.2 Å². The van der Waals surface area contributed by atoms with Crippen LogP contribution < -0.4 is 32.4 Å². The van der Waals surface area contributed by atoms with Crippen molar-refractivity contribution in [3.8, 4) is 0 Å². The summed E-state index contributed by atoms with van der Waals surface area (Å²) in [6, 6.07) is 1.48. The summed E-state index contributed by atoms with van der Waals surface area (Å²) in [7, 11) is 0. The van der Waals surface area contributed by atoms with Gasteiger partial charge in [0.15, 0.2) is 0 Å². The largest absolute Gasteiger partial charge is 0.335 e. The molecule has 0 fully saturated rings. The third-order valence-electron chi connectivity index (χ3n) is 4.23. The SMILES string of the molecule is Cc1cc(=O)[nH]c(NC(=O)NC(C)CCCC(C)NC(=O)Nc2nc(C)cc(=O)[nH]2)n1. The van der Waals surface area contributed by atoms with E-state index in [1.165, 1.54) is 12.1 Å². The quantitative estimate of drug-likeness (QED) is 0.367. The Kier molecular flexibility index (Phi) is 8.29. The first kappa shape index (κ1) is 23.6. The molecule has 0 saturated carbocycles. The number of nitrogens with one attached hydrogen (secondary N) is 6. The fourth-order valence-electron chi connectivity index (χ4n) is 2.89. The molecule has 4 amide bonds. The number of amides is 4. The number of hydrogen-bond acceptors (Lipinski definition) is 6. The molecule has 6 N–H and O–H groups in total. The van der Waals surface area contributed by atoms with Crippen molar-refractivity contribution in [1.29, 1.82) is 0 Å². The first-order valence-corrected chi connectivity index (χ1v) is 9.91. The smallest absolute Gasteiger partial charge is 0.321 e. The molecule has 2 heterocycles. The summed E-state index contributed by atoms with van der Waals surface area (Å²) in [6.45, 7) is 7.04. The molecule has 12 heteroatoms. The van der Waals surface area contributed by atoms with Gasteiger partial charge in [0.2, 0.25) is 11.9 Å². The minimum Gasteiger partial charge on any atom is -0.335 e. The maximum atomic E-state index is 12.0. The van der Waals surface area contributed by atoms with Gasteiger partial charge in [-0.2, -0.15) is 0 Å². The second-order valence-electron chi connectivity index (χ2n) is 7.40. The van der Waals surface area contributed by atoms with Crippen molar-refractivity contribution in [2.45, 2.75) is 59.0 Å². The number of aryl methyl sites for hydroxylation is 2. The van der Waals surface area contributed by atoms with Gasteiger partial charge in [0.1, 0.15) is 0 Å². The Morgan fingerprint density at radius 1 is 0.839 bits per heavy atom. The van der Waals surface area contributed by atoms with Crippen molar-refractivity contribution in [2.24, 2.45) is 0 Å². The lowest BCUT2D eigenvalue weighted by Crippen LogP contribution is -2.38. The Morgan fingerprint density at radius 2 is 1.23 bits per heavy atom. The van der Waals surface area contributed by atoms with Gasteiger partial charge in [-0.05, 0) is 47.0 Å².